The van der Waals surface area contributed by atoms with E-state index in [4.69, 9.17) is 9.84 Å². The molecule has 0 saturated carbocycles. The Bertz CT molecular complexity index is 327. The smallest absolute Gasteiger partial charge is 0.366 e. The van der Waals surface area contributed by atoms with E-state index in [-0.39, 0.29) is 18.9 Å². The molecule has 22 heavy (non-hydrogen) atoms. The molecule has 0 amide bonds. The summed E-state index contributed by atoms with van der Waals surface area (Å²) in [5.41, 5.74) is 0. The second kappa shape index (κ2) is 11.4. The van der Waals surface area contributed by atoms with Crippen LogP contribution in [0.2, 0.25) is 0 Å². The maximum Gasteiger partial charge on any atom is 0.366 e. The summed E-state index contributed by atoms with van der Waals surface area (Å²) in [6, 6.07) is 0. The van der Waals surface area contributed by atoms with Gasteiger partial charge < -0.3 is 20.1 Å². The number of unbranched alkanes of at least 4 members (excludes halogenated alkanes) is 5. The highest BCUT2D eigenvalue weighted by atomic mass is 16.6. The van der Waals surface area contributed by atoms with E-state index in [9.17, 15) is 19.8 Å². The Morgan fingerprint density at radius 3 is 2.23 bits per heavy atom. The van der Waals surface area contributed by atoms with E-state index >= 15 is 0 Å². The van der Waals surface area contributed by atoms with Gasteiger partial charge >= 0.3 is 11.9 Å². The van der Waals surface area contributed by atoms with E-state index in [1.165, 1.54) is 0 Å². The number of hydrogen-bond donors (Lipinski definition) is 3. The molecule has 0 aliphatic rings. The largest absolute Gasteiger partial charge is 0.481 e. The van der Waals surface area contributed by atoms with Gasteiger partial charge in [0.15, 0.2) is 0 Å². The quantitative estimate of drug-likeness (QED) is 0.274. The van der Waals surface area contributed by atoms with Crippen molar-refractivity contribution in [2.45, 2.75) is 89.9 Å². The highest BCUT2D eigenvalue weighted by molar-refractivity contribution is 5.77. The summed E-state index contributed by atoms with van der Waals surface area (Å²) in [5.74, 6) is -4.21. The van der Waals surface area contributed by atoms with Crippen molar-refractivity contribution in [1.29, 1.82) is 0 Å². The van der Waals surface area contributed by atoms with E-state index in [1.54, 1.807) is 6.92 Å². The SMILES string of the molecule is CCCCC(C)OC(=O)C(O)(O)CCCCCCCC(=O)O. The van der Waals surface area contributed by atoms with E-state index in [2.05, 4.69) is 0 Å². The molecule has 0 radical (unpaired) electrons. The molecule has 130 valence electrons. The van der Waals surface area contributed by atoms with Gasteiger partial charge in [0.25, 0.3) is 5.79 Å². The van der Waals surface area contributed by atoms with Crippen LogP contribution < -0.4 is 0 Å². The highest BCUT2D eigenvalue weighted by Crippen LogP contribution is 2.17. The van der Waals surface area contributed by atoms with Crippen LogP contribution in [0.1, 0.15) is 78.1 Å². The van der Waals surface area contributed by atoms with Crippen molar-refractivity contribution in [2.24, 2.45) is 0 Å². The minimum absolute atomic E-state index is 0.0642. The van der Waals surface area contributed by atoms with E-state index < -0.39 is 17.7 Å². The molecule has 0 bridgehead atoms. The Morgan fingerprint density at radius 2 is 1.64 bits per heavy atom. The Labute approximate surface area is 132 Å². The van der Waals surface area contributed by atoms with Crippen molar-refractivity contribution in [3.05, 3.63) is 0 Å². The van der Waals surface area contributed by atoms with Gasteiger partial charge in [-0.1, -0.05) is 39.0 Å². The molecule has 1 atom stereocenters. The van der Waals surface area contributed by atoms with Crippen LogP contribution in [0.3, 0.4) is 0 Å². The maximum atomic E-state index is 11.7. The Kier molecular flexibility index (Phi) is 10.8. The van der Waals surface area contributed by atoms with Crippen molar-refractivity contribution >= 4 is 11.9 Å². The molecule has 1 unspecified atom stereocenters. The van der Waals surface area contributed by atoms with Gasteiger partial charge in [-0.2, -0.15) is 0 Å². The molecule has 0 aromatic heterocycles. The number of ether oxygens (including phenoxy) is 1. The van der Waals surface area contributed by atoms with Gasteiger partial charge in [0, 0.05) is 12.8 Å². The van der Waals surface area contributed by atoms with Crippen LogP contribution in [-0.4, -0.2) is 39.1 Å². The number of carbonyl (C=O) groups excluding carboxylic acids is 1. The zero-order chi connectivity index (χ0) is 17.0. The number of carboxylic acids is 1. The summed E-state index contributed by atoms with van der Waals surface area (Å²) in [7, 11) is 0. The molecule has 0 rings (SSSR count). The second-order valence-corrected chi connectivity index (χ2v) is 5.84. The van der Waals surface area contributed by atoms with Gasteiger partial charge in [-0.05, 0) is 26.2 Å². The number of aliphatic carboxylic acids is 1. The highest BCUT2D eigenvalue weighted by Gasteiger charge is 2.35. The molecule has 0 aliphatic heterocycles. The molecule has 0 aliphatic carbocycles. The van der Waals surface area contributed by atoms with Crippen LogP contribution in [0.4, 0.5) is 0 Å². The third-order valence-electron chi connectivity index (χ3n) is 3.52. The van der Waals surface area contributed by atoms with E-state index in [0.29, 0.717) is 19.3 Å². The molecule has 0 aromatic carbocycles. The third kappa shape index (κ3) is 10.6. The van der Waals surface area contributed by atoms with Crippen molar-refractivity contribution in [3.63, 3.8) is 0 Å². The van der Waals surface area contributed by atoms with Gasteiger partial charge in [-0.15, -0.1) is 0 Å². The summed E-state index contributed by atoms with van der Waals surface area (Å²) in [6.07, 6.45) is 5.83. The lowest BCUT2D eigenvalue weighted by Gasteiger charge is -2.22. The number of aliphatic hydroxyl groups is 2. The Hall–Kier alpha value is -1.14. The number of esters is 1. The van der Waals surface area contributed by atoms with Crippen LogP contribution in [0.25, 0.3) is 0 Å². The van der Waals surface area contributed by atoms with Crippen LogP contribution in [0.5, 0.6) is 0 Å². The number of carboxylic acid groups (broad SMARTS) is 1. The summed E-state index contributed by atoms with van der Waals surface area (Å²) in [5, 5.41) is 28.0. The van der Waals surface area contributed by atoms with Crippen molar-refractivity contribution in [2.75, 3.05) is 0 Å². The summed E-state index contributed by atoms with van der Waals surface area (Å²) < 4.78 is 5.03. The molecule has 0 heterocycles. The van der Waals surface area contributed by atoms with Crippen LogP contribution in [-0.2, 0) is 14.3 Å². The van der Waals surface area contributed by atoms with Gasteiger partial charge in [0.1, 0.15) is 0 Å². The predicted molar refractivity (Wildman–Crippen MR) is 82.2 cm³/mol. The van der Waals surface area contributed by atoms with Crippen LogP contribution in [0, 0.1) is 0 Å². The van der Waals surface area contributed by atoms with Crippen LogP contribution in [0.15, 0.2) is 0 Å². The van der Waals surface area contributed by atoms with E-state index in [1.807, 2.05) is 6.92 Å². The Balaban J connectivity index is 3.83. The molecule has 0 fully saturated rings. The molecule has 6 heteroatoms. The molecule has 6 nitrogen and oxygen atoms in total. The number of hydrogen-bond acceptors (Lipinski definition) is 5. The first kappa shape index (κ1) is 20.9. The standard InChI is InChI=1S/C16H30O6/c1-3-4-10-13(2)22-15(19)16(20,21)12-9-7-5-6-8-11-14(17)18/h13,20-21H,3-12H2,1-2H3,(H,17,18). The lowest BCUT2D eigenvalue weighted by atomic mass is 10.0. The molecule has 0 saturated heterocycles. The zero-order valence-electron chi connectivity index (χ0n) is 13.7. The third-order valence-corrected chi connectivity index (χ3v) is 3.52. The van der Waals surface area contributed by atoms with E-state index in [0.717, 1.165) is 32.1 Å². The minimum atomic E-state index is -2.43. The fourth-order valence-electron chi connectivity index (χ4n) is 2.11. The molecular formula is C16H30O6. The first-order valence-corrected chi connectivity index (χ1v) is 8.17. The molecule has 3 N–H and O–H groups in total. The lowest BCUT2D eigenvalue weighted by Crippen LogP contribution is -2.41. The average molecular weight is 318 g/mol. The lowest BCUT2D eigenvalue weighted by molar-refractivity contribution is -0.216. The monoisotopic (exact) mass is 318 g/mol. The van der Waals surface area contributed by atoms with Gasteiger partial charge in [-0.3, -0.25) is 4.79 Å². The average Bonchev–Trinajstić information content (AvgIpc) is 2.43. The number of rotatable bonds is 13. The molecular weight excluding hydrogens is 288 g/mol. The summed E-state index contributed by atoms with van der Waals surface area (Å²) in [4.78, 5) is 22.0. The normalized spacial score (nSPS) is 12.9. The Morgan fingerprint density at radius 1 is 1.05 bits per heavy atom. The fourth-order valence-corrected chi connectivity index (χ4v) is 2.11. The topological polar surface area (TPSA) is 104 Å². The van der Waals surface area contributed by atoms with Gasteiger partial charge in [0.2, 0.25) is 0 Å². The van der Waals surface area contributed by atoms with Gasteiger partial charge in [-0.25, -0.2) is 4.79 Å². The van der Waals surface area contributed by atoms with Gasteiger partial charge in [0.05, 0.1) is 6.10 Å². The second-order valence-electron chi connectivity index (χ2n) is 5.84. The first-order valence-electron chi connectivity index (χ1n) is 8.17. The van der Waals surface area contributed by atoms with Crippen molar-refractivity contribution in [3.8, 4) is 0 Å². The fraction of sp³-hybridized carbons (Fsp3) is 0.875. The molecule has 0 aromatic rings. The zero-order valence-corrected chi connectivity index (χ0v) is 13.7. The van der Waals surface area contributed by atoms with Crippen molar-refractivity contribution < 1.29 is 29.6 Å². The number of carbonyl (C=O) groups is 2. The minimum Gasteiger partial charge on any atom is -0.481 e. The maximum absolute atomic E-state index is 11.7. The molecule has 0 spiro atoms. The predicted octanol–water partition coefficient (Wildman–Crippen LogP) is 2.60. The van der Waals surface area contributed by atoms with Crippen LogP contribution >= 0.6 is 0 Å². The summed E-state index contributed by atoms with van der Waals surface area (Å²) in [6.45, 7) is 3.78. The summed E-state index contributed by atoms with van der Waals surface area (Å²) >= 11 is 0. The van der Waals surface area contributed by atoms with Crippen molar-refractivity contribution in [1.82, 2.24) is 0 Å². The first-order chi connectivity index (χ1) is 10.3.